The summed E-state index contributed by atoms with van der Waals surface area (Å²) < 4.78 is 6.57. The smallest absolute Gasteiger partial charge is 0.195 e. The summed E-state index contributed by atoms with van der Waals surface area (Å²) >= 11 is 5.01. The molecule has 3 aromatic rings. The summed E-state index contributed by atoms with van der Waals surface area (Å²) in [7, 11) is 0. The van der Waals surface area contributed by atoms with Gasteiger partial charge in [0.25, 0.3) is 0 Å². The summed E-state index contributed by atoms with van der Waals surface area (Å²) in [6, 6.07) is 20.0. The maximum absolute atomic E-state index is 12.5. The average molecular weight is 427 g/mol. The summed E-state index contributed by atoms with van der Waals surface area (Å²) in [5, 5.41) is 0. The molecule has 0 aliphatic heterocycles. The fourth-order valence-corrected chi connectivity index (χ4v) is 3.93. The second kappa shape index (κ2) is 8.97. The minimum atomic E-state index is 0.0109. The Bertz CT molecular complexity index is 913. The van der Waals surface area contributed by atoms with Crippen LogP contribution in [0.25, 0.3) is 6.08 Å². The van der Waals surface area contributed by atoms with Crippen molar-refractivity contribution in [3.8, 4) is 5.75 Å². The van der Waals surface area contributed by atoms with Crippen LogP contribution in [-0.4, -0.2) is 12.4 Å². The maximum Gasteiger partial charge on any atom is 0.195 e. The summed E-state index contributed by atoms with van der Waals surface area (Å²) in [6.45, 7) is 2.53. The Labute approximate surface area is 166 Å². The molecular formula is C22H19BrO2S. The number of allylic oxidation sites excluding steroid dienone is 1. The van der Waals surface area contributed by atoms with Gasteiger partial charge in [0, 0.05) is 21.3 Å². The van der Waals surface area contributed by atoms with E-state index in [1.807, 2.05) is 61.5 Å². The zero-order valence-corrected chi connectivity index (χ0v) is 16.8. The number of thiophene rings is 1. The minimum absolute atomic E-state index is 0.0109. The Morgan fingerprint density at radius 2 is 1.92 bits per heavy atom. The van der Waals surface area contributed by atoms with Crippen molar-refractivity contribution in [2.75, 3.05) is 6.61 Å². The van der Waals surface area contributed by atoms with Gasteiger partial charge in [0.05, 0.1) is 11.5 Å². The molecule has 0 spiro atoms. The van der Waals surface area contributed by atoms with Crippen LogP contribution >= 0.6 is 27.3 Å². The zero-order chi connectivity index (χ0) is 18.4. The number of carbonyl (C=O) groups excluding carboxylic acids is 1. The predicted molar refractivity (Wildman–Crippen MR) is 112 cm³/mol. The van der Waals surface area contributed by atoms with Crippen LogP contribution in [-0.2, 0) is 6.42 Å². The van der Waals surface area contributed by atoms with Crippen molar-refractivity contribution >= 4 is 39.1 Å². The third-order valence-corrected chi connectivity index (χ3v) is 5.40. The van der Waals surface area contributed by atoms with E-state index in [2.05, 4.69) is 28.1 Å². The second-order valence-corrected chi connectivity index (χ2v) is 7.83. The van der Waals surface area contributed by atoms with Crippen molar-refractivity contribution in [2.24, 2.45) is 0 Å². The van der Waals surface area contributed by atoms with Crippen LogP contribution in [0.3, 0.4) is 0 Å². The maximum atomic E-state index is 12.5. The summed E-state index contributed by atoms with van der Waals surface area (Å²) in [5.41, 5.74) is 2.13. The third-order valence-electron chi connectivity index (χ3n) is 3.81. The van der Waals surface area contributed by atoms with Gasteiger partial charge in [-0.25, -0.2) is 0 Å². The molecule has 0 bridgehead atoms. The topological polar surface area (TPSA) is 26.3 Å². The zero-order valence-electron chi connectivity index (χ0n) is 14.4. The lowest BCUT2D eigenvalue weighted by Gasteiger charge is -2.07. The number of hydrogen-bond donors (Lipinski definition) is 0. The van der Waals surface area contributed by atoms with Gasteiger partial charge in [0.2, 0.25) is 0 Å². The molecule has 2 nitrogen and oxygen atoms in total. The number of halogens is 1. The molecule has 1 heterocycles. The van der Waals surface area contributed by atoms with Crippen LogP contribution in [0, 0.1) is 0 Å². The first kappa shape index (κ1) is 18.6. The molecule has 0 N–H and O–H groups in total. The van der Waals surface area contributed by atoms with E-state index in [4.69, 9.17) is 4.74 Å². The van der Waals surface area contributed by atoms with Crippen LogP contribution in [0.4, 0.5) is 0 Å². The molecule has 26 heavy (non-hydrogen) atoms. The van der Waals surface area contributed by atoms with Gasteiger partial charge in [-0.05, 0) is 55.0 Å². The van der Waals surface area contributed by atoms with E-state index in [0.717, 1.165) is 27.1 Å². The Kier molecular flexibility index (Phi) is 6.42. The highest BCUT2D eigenvalue weighted by Crippen LogP contribution is 2.26. The highest BCUT2D eigenvalue weighted by atomic mass is 79.9. The Morgan fingerprint density at radius 1 is 1.12 bits per heavy atom. The highest BCUT2D eigenvalue weighted by molar-refractivity contribution is 9.10. The molecule has 1 aromatic heterocycles. The molecule has 0 amide bonds. The molecule has 0 unspecified atom stereocenters. The van der Waals surface area contributed by atoms with E-state index in [0.29, 0.717) is 6.61 Å². The lowest BCUT2D eigenvalue weighted by molar-refractivity contribution is 0.105. The van der Waals surface area contributed by atoms with Crippen molar-refractivity contribution in [3.63, 3.8) is 0 Å². The average Bonchev–Trinajstić information content (AvgIpc) is 3.11. The largest absolute Gasteiger partial charge is 0.493 e. The molecule has 0 radical (unpaired) electrons. The standard InChI is InChI=1S/C22H19BrO2S/c1-2-25-21-12-9-18(23)15-17(21)8-11-20(24)22-13-10-19(26-22)14-16-6-4-3-5-7-16/h3-13,15H,2,14H2,1H3/b11-8+. The lowest BCUT2D eigenvalue weighted by Crippen LogP contribution is -1.94. The molecular weight excluding hydrogens is 408 g/mol. The molecule has 0 fully saturated rings. The number of rotatable bonds is 7. The first-order valence-corrected chi connectivity index (χ1v) is 10.0. The number of benzene rings is 2. The molecule has 132 valence electrons. The van der Waals surface area contributed by atoms with E-state index in [1.54, 1.807) is 17.4 Å². The first-order chi connectivity index (χ1) is 12.7. The van der Waals surface area contributed by atoms with Crippen LogP contribution in [0.15, 0.2) is 71.2 Å². The van der Waals surface area contributed by atoms with Crippen LogP contribution in [0.1, 0.15) is 32.6 Å². The van der Waals surface area contributed by atoms with Crippen molar-refractivity contribution in [1.82, 2.24) is 0 Å². The lowest BCUT2D eigenvalue weighted by atomic mass is 10.1. The Morgan fingerprint density at radius 3 is 2.69 bits per heavy atom. The minimum Gasteiger partial charge on any atom is -0.493 e. The van der Waals surface area contributed by atoms with E-state index < -0.39 is 0 Å². The van der Waals surface area contributed by atoms with Gasteiger partial charge in [0.15, 0.2) is 5.78 Å². The number of ketones is 1. The van der Waals surface area contributed by atoms with Gasteiger partial charge in [-0.1, -0.05) is 46.3 Å². The van der Waals surface area contributed by atoms with Crippen molar-refractivity contribution in [3.05, 3.63) is 92.1 Å². The Hall–Kier alpha value is -2.17. The predicted octanol–water partition coefficient (Wildman–Crippen LogP) is 6.40. The van der Waals surface area contributed by atoms with Crippen molar-refractivity contribution < 1.29 is 9.53 Å². The molecule has 0 saturated heterocycles. The summed E-state index contributed by atoms with van der Waals surface area (Å²) in [4.78, 5) is 14.4. The van der Waals surface area contributed by atoms with E-state index in [9.17, 15) is 4.79 Å². The van der Waals surface area contributed by atoms with Gasteiger partial charge < -0.3 is 4.74 Å². The molecule has 3 rings (SSSR count). The van der Waals surface area contributed by atoms with Crippen molar-refractivity contribution in [2.45, 2.75) is 13.3 Å². The van der Waals surface area contributed by atoms with Gasteiger partial charge >= 0.3 is 0 Å². The van der Waals surface area contributed by atoms with Crippen LogP contribution < -0.4 is 4.74 Å². The fraction of sp³-hybridized carbons (Fsp3) is 0.136. The molecule has 0 aliphatic rings. The van der Waals surface area contributed by atoms with E-state index in [1.165, 1.54) is 10.4 Å². The normalized spacial score (nSPS) is 11.0. The third kappa shape index (κ3) is 4.93. The quantitative estimate of drug-likeness (QED) is 0.322. The van der Waals surface area contributed by atoms with E-state index in [-0.39, 0.29) is 5.78 Å². The van der Waals surface area contributed by atoms with Crippen molar-refractivity contribution in [1.29, 1.82) is 0 Å². The monoisotopic (exact) mass is 426 g/mol. The van der Waals surface area contributed by atoms with Gasteiger partial charge in [-0.2, -0.15) is 0 Å². The van der Waals surface area contributed by atoms with Gasteiger partial charge in [-0.3, -0.25) is 4.79 Å². The Balaban J connectivity index is 1.72. The number of hydrogen-bond acceptors (Lipinski definition) is 3. The fourth-order valence-electron chi connectivity index (χ4n) is 2.59. The molecule has 0 atom stereocenters. The first-order valence-electron chi connectivity index (χ1n) is 8.43. The molecule has 2 aromatic carbocycles. The van der Waals surface area contributed by atoms with Gasteiger partial charge in [0.1, 0.15) is 5.75 Å². The summed E-state index contributed by atoms with van der Waals surface area (Å²) in [6.07, 6.45) is 4.28. The highest BCUT2D eigenvalue weighted by Gasteiger charge is 2.08. The second-order valence-electron chi connectivity index (χ2n) is 5.74. The van der Waals surface area contributed by atoms with Crippen LogP contribution in [0.5, 0.6) is 5.75 Å². The van der Waals surface area contributed by atoms with Gasteiger partial charge in [-0.15, -0.1) is 11.3 Å². The molecule has 0 saturated carbocycles. The molecule has 0 aliphatic carbocycles. The van der Waals surface area contributed by atoms with E-state index >= 15 is 0 Å². The summed E-state index contributed by atoms with van der Waals surface area (Å²) in [5.74, 6) is 0.785. The number of carbonyl (C=O) groups is 1. The SMILES string of the molecule is CCOc1ccc(Br)cc1/C=C/C(=O)c1ccc(Cc2ccccc2)s1. The van der Waals surface area contributed by atoms with Crippen LogP contribution in [0.2, 0.25) is 0 Å². The number of ether oxygens (including phenoxy) is 1. The molecule has 4 heteroatoms.